The van der Waals surface area contributed by atoms with E-state index in [0.717, 1.165) is 60.4 Å². The highest BCUT2D eigenvalue weighted by atomic mass is 16.5. The molecule has 1 saturated heterocycles. The fraction of sp³-hybridized carbons (Fsp3) is 0.406. The van der Waals surface area contributed by atoms with Crippen molar-refractivity contribution in [1.82, 2.24) is 24.8 Å². The second-order valence-corrected chi connectivity index (χ2v) is 11.4. The van der Waals surface area contributed by atoms with Crippen molar-refractivity contribution in [1.29, 1.82) is 0 Å². The first-order valence-electron chi connectivity index (χ1n) is 14.7. The van der Waals surface area contributed by atoms with Crippen LogP contribution < -0.4 is 15.6 Å². The number of imidazole rings is 1. The monoisotopic (exact) mass is 570 g/mol. The zero-order chi connectivity index (χ0) is 29.4. The summed E-state index contributed by atoms with van der Waals surface area (Å²) in [6.45, 7) is 10.1. The Morgan fingerprint density at radius 3 is 2.71 bits per heavy atom. The molecule has 1 unspecified atom stereocenters. The highest BCUT2D eigenvalue weighted by Crippen LogP contribution is 2.32. The van der Waals surface area contributed by atoms with Gasteiger partial charge in [-0.3, -0.25) is 9.59 Å². The number of fused-ring (bicyclic) bond motifs is 2. The van der Waals surface area contributed by atoms with Crippen molar-refractivity contribution in [3.63, 3.8) is 0 Å². The molecule has 1 amide bonds. The highest BCUT2D eigenvalue weighted by Gasteiger charge is 2.35. The molecule has 2 aromatic heterocycles. The summed E-state index contributed by atoms with van der Waals surface area (Å²) in [5.74, 6) is 1.19. The van der Waals surface area contributed by atoms with Crippen molar-refractivity contribution >= 4 is 22.6 Å². The maximum atomic E-state index is 13.4. The van der Waals surface area contributed by atoms with E-state index in [4.69, 9.17) is 9.72 Å². The second kappa shape index (κ2) is 11.6. The lowest BCUT2D eigenvalue weighted by atomic mass is 10.0. The largest absolute Gasteiger partial charge is 0.491 e. The number of rotatable bonds is 9. The van der Waals surface area contributed by atoms with E-state index in [0.29, 0.717) is 34.7 Å². The van der Waals surface area contributed by atoms with Gasteiger partial charge in [-0.25, -0.2) is 4.98 Å². The minimum Gasteiger partial charge on any atom is -0.491 e. The number of aromatic nitrogens is 3. The van der Waals surface area contributed by atoms with Crippen molar-refractivity contribution in [2.75, 3.05) is 38.1 Å². The summed E-state index contributed by atoms with van der Waals surface area (Å²) in [7, 11) is 0. The molecule has 220 valence electrons. The molecular weight excluding hydrogens is 532 g/mol. The van der Waals surface area contributed by atoms with Gasteiger partial charge < -0.3 is 34.9 Å². The first-order chi connectivity index (χ1) is 20.3. The van der Waals surface area contributed by atoms with Crippen LogP contribution in [0.3, 0.4) is 0 Å². The Morgan fingerprint density at radius 1 is 1.14 bits per heavy atom. The molecule has 2 aliphatic heterocycles. The lowest BCUT2D eigenvalue weighted by Gasteiger charge is -2.36. The number of aromatic amines is 2. The molecule has 6 rings (SSSR count). The zero-order valence-electron chi connectivity index (χ0n) is 24.4. The van der Waals surface area contributed by atoms with Crippen molar-refractivity contribution in [3.8, 4) is 17.1 Å². The van der Waals surface area contributed by atoms with Crippen LogP contribution >= 0.6 is 0 Å². The number of aliphatic hydroxyl groups is 1. The van der Waals surface area contributed by atoms with E-state index in [1.54, 1.807) is 12.3 Å². The van der Waals surface area contributed by atoms with Crippen molar-refractivity contribution in [2.45, 2.75) is 52.3 Å². The number of amides is 1. The number of piperidine rings is 1. The van der Waals surface area contributed by atoms with Crippen LogP contribution in [0, 0.1) is 13.8 Å². The number of likely N-dealkylation sites (tertiary alicyclic amines) is 1. The number of hydrogen-bond acceptors (Lipinski definition) is 7. The van der Waals surface area contributed by atoms with Gasteiger partial charge in [-0.1, -0.05) is 24.6 Å². The van der Waals surface area contributed by atoms with Crippen LogP contribution in [0.15, 0.2) is 47.4 Å². The van der Waals surface area contributed by atoms with Gasteiger partial charge in [0.2, 0.25) is 0 Å². The predicted molar refractivity (Wildman–Crippen MR) is 163 cm³/mol. The number of carbonyl (C=O) groups is 1. The number of benzene rings is 2. The molecule has 1 atom stereocenters. The predicted octanol–water partition coefficient (Wildman–Crippen LogP) is 3.83. The molecular formula is C32H38N6O4. The molecule has 4 heterocycles. The summed E-state index contributed by atoms with van der Waals surface area (Å²) in [6, 6.07) is 11.7. The van der Waals surface area contributed by atoms with Crippen LogP contribution in [-0.2, 0) is 6.54 Å². The molecule has 2 aliphatic rings. The number of carbonyl (C=O) groups excluding carboxylic acids is 1. The molecule has 0 radical (unpaired) electrons. The number of ether oxygens (including phenoxy) is 1. The molecule has 4 aromatic rings. The molecule has 10 nitrogen and oxygen atoms in total. The Kier molecular flexibility index (Phi) is 7.74. The third-order valence-electron chi connectivity index (χ3n) is 8.47. The third-order valence-corrected chi connectivity index (χ3v) is 8.47. The van der Waals surface area contributed by atoms with E-state index < -0.39 is 6.10 Å². The van der Waals surface area contributed by atoms with Gasteiger partial charge in [-0.15, -0.1) is 0 Å². The van der Waals surface area contributed by atoms with Crippen LogP contribution in [0.4, 0.5) is 5.69 Å². The standard InChI is InChI=1S/C32H38N6O4/c1-4-37-11-8-22(9-12-37)38-17-21-14-26-27(15-24(21)32(38)41)36-30(35-26)29-25(7-10-33-31(29)40)34-16-23(39)18-42-28-6-5-19(2)13-20(28)3/h5-7,10,13-15,22-23,39H,4,8-9,11-12,16-18H2,1-3H3,(H,35,36)(H2,33,34,40). The minimum absolute atomic E-state index is 0.0587. The quantitative estimate of drug-likeness (QED) is 0.241. The van der Waals surface area contributed by atoms with Crippen molar-refractivity contribution < 1.29 is 14.6 Å². The van der Waals surface area contributed by atoms with Crippen LogP contribution in [0.25, 0.3) is 22.4 Å². The number of aliphatic hydroxyl groups excluding tert-OH is 1. The normalized spacial score (nSPS) is 16.7. The van der Waals surface area contributed by atoms with Crippen LogP contribution in [0.5, 0.6) is 5.75 Å². The third kappa shape index (κ3) is 5.52. The van der Waals surface area contributed by atoms with Gasteiger partial charge in [0.25, 0.3) is 11.5 Å². The Bertz CT molecular complexity index is 1670. The second-order valence-electron chi connectivity index (χ2n) is 11.4. The van der Waals surface area contributed by atoms with Gasteiger partial charge >= 0.3 is 0 Å². The fourth-order valence-corrected chi connectivity index (χ4v) is 6.10. The maximum Gasteiger partial charge on any atom is 0.261 e. The summed E-state index contributed by atoms with van der Waals surface area (Å²) < 4.78 is 5.81. The maximum absolute atomic E-state index is 13.4. The molecule has 0 spiro atoms. The Hall–Kier alpha value is -4.15. The van der Waals surface area contributed by atoms with Gasteiger partial charge in [0.05, 0.1) is 16.7 Å². The molecule has 4 N–H and O–H groups in total. The van der Waals surface area contributed by atoms with E-state index in [1.165, 1.54) is 0 Å². The number of nitrogens with zero attached hydrogens (tertiary/aromatic N) is 3. The van der Waals surface area contributed by atoms with Crippen LogP contribution in [0.1, 0.15) is 46.8 Å². The topological polar surface area (TPSA) is 127 Å². The summed E-state index contributed by atoms with van der Waals surface area (Å²) in [4.78, 5) is 41.5. The smallest absolute Gasteiger partial charge is 0.261 e. The molecule has 1 fully saturated rings. The van der Waals surface area contributed by atoms with E-state index in [2.05, 4.69) is 27.1 Å². The number of pyridine rings is 1. The van der Waals surface area contributed by atoms with Gasteiger partial charge in [0.15, 0.2) is 0 Å². The first kappa shape index (κ1) is 28.0. The number of aryl methyl sites for hydroxylation is 2. The average Bonchev–Trinajstić information content (AvgIpc) is 3.54. The van der Waals surface area contributed by atoms with Crippen molar-refractivity contribution in [2.24, 2.45) is 0 Å². The van der Waals surface area contributed by atoms with E-state index >= 15 is 0 Å². The van der Waals surface area contributed by atoms with Crippen molar-refractivity contribution in [3.05, 3.63) is 75.2 Å². The highest BCUT2D eigenvalue weighted by molar-refractivity contribution is 6.02. The Morgan fingerprint density at radius 2 is 1.95 bits per heavy atom. The lowest BCUT2D eigenvalue weighted by Crippen LogP contribution is -2.44. The number of H-pyrrole nitrogens is 2. The van der Waals surface area contributed by atoms with Gasteiger partial charge in [0, 0.05) is 44.0 Å². The summed E-state index contributed by atoms with van der Waals surface area (Å²) >= 11 is 0. The summed E-state index contributed by atoms with van der Waals surface area (Å²) in [5.41, 5.74) is 5.80. The SMILES string of the molecule is CCN1CCC(N2Cc3cc4[nH]c(-c5c(NCC(O)COc6ccc(C)cc6C)cc[nH]c5=O)nc4cc3C2=O)CC1. The van der Waals surface area contributed by atoms with Gasteiger partial charge in [0.1, 0.15) is 29.8 Å². The lowest BCUT2D eigenvalue weighted by molar-refractivity contribution is 0.0602. The summed E-state index contributed by atoms with van der Waals surface area (Å²) in [6.07, 6.45) is 2.74. The summed E-state index contributed by atoms with van der Waals surface area (Å²) in [5, 5.41) is 13.8. The van der Waals surface area contributed by atoms with E-state index in [9.17, 15) is 14.7 Å². The van der Waals surface area contributed by atoms with Crippen LogP contribution in [-0.4, -0.2) is 80.7 Å². The fourth-order valence-electron chi connectivity index (χ4n) is 6.10. The van der Waals surface area contributed by atoms with E-state index in [1.807, 2.05) is 49.1 Å². The Labute approximate surface area is 244 Å². The number of anilines is 1. The first-order valence-corrected chi connectivity index (χ1v) is 14.7. The molecule has 0 bridgehead atoms. The van der Waals surface area contributed by atoms with E-state index in [-0.39, 0.29) is 30.7 Å². The molecule has 10 heteroatoms. The Balaban J connectivity index is 1.17. The molecule has 42 heavy (non-hydrogen) atoms. The minimum atomic E-state index is -0.806. The number of hydrogen-bond donors (Lipinski definition) is 4. The average molecular weight is 571 g/mol. The molecule has 2 aromatic carbocycles. The number of nitrogens with one attached hydrogen (secondary N) is 3. The molecule has 0 saturated carbocycles. The zero-order valence-corrected chi connectivity index (χ0v) is 24.4. The van der Waals surface area contributed by atoms with Crippen LogP contribution in [0.2, 0.25) is 0 Å². The van der Waals surface area contributed by atoms with Gasteiger partial charge in [-0.05, 0) is 68.6 Å². The molecule has 0 aliphatic carbocycles. The van der Waals surface area contributed by atoms with Gasteiger partial charge in [-0.2, -0.15) is 0 Å².